The largest absolute Gasteiger partial charge is 0.370 e. The summed E-state index contributed by atoms with van der Waals surface area (Å²) in [5.41, 5.74) is 5.85. The predicted octanol–water partition coefficient (Wildman–Crippen LogP) is 2.50. The highest BCUT2D eigenvalue weighted by Gasteiger charge is 2.45. The lowest BCUT2D eigenvalue weighted by molar-refractivity contribution is 0.273. The minimum atomic E-state index is 0. The van der Waals surface area contributed by atoms with Gasteiger partial charge in [0.2, 0.25) is 0 Å². The summed E-state index contributed by atoms with van der Waals surface area (Å²) in [6.07, 6.45) is 6.64. The third-order valence-corrected chi connectivity index (χ3v) is 3.87. The summed E-state index contributed by atoms with van der Waals surface area (Å²) < 4.78 is 0. The van der Waals surface area contributed by atoms with E-state index < -0.39 is 0 Å². The van der Waals surface area contributed by atoms with Crippen molar-refractivity contribution in [1.29, 1.82) is 0 Å². The first-order valence-electron chi connectivity index (χ1n) is 6.30. The number of aliphatic imine (C=N–C) groups is 1. The molecular formula is C12H24IN3. The lowest BCUT2D eigenvalue weighted by atomic mass is 9.81. The van der Waals surface area contributed by atoms with Crippen LogP contribution in [0, 0.1) is 11.8 Å². The van der Waals surface area contributed by atoms with Gasteiger partial charge in [0.15, 0.2) is 5.96 Å². The number of nitrogens with two attached hydrogens (primary N) is 1. The third-order valence-electron chi connectivity index (χ3n) is 3.87. The van der Waals surface area contributed by atoms with E-state index in [-0.39, 0.29) is 24.0 Å². The average molecular weight is 337 g/mol. The molecule has 94 valence electrons. The Morgan fingerprint density at radius 3 is 2.69 bits per heavy atom. The van der Waals surface area contributed by atoms with Gasteiger partial charge in [-0.1, -0.05) is 26.2 Å². The SMILES string of the molecule is CCC(C)NC(N)=N[C@@H]1C[C@H]1C1CCC1.I. The first kappa shape index (κ1) is 14.1. The zero-order valence-electron chi connectivity index (χ0n) is 10.3. The molecule has 0 spiro atoms. The number of hydrogen-bond donors (Lipinski definition) is 2. The van der Waals surface area contributed by atoms with Crippen molar-refractivity contribution in [2.45, 2.75) is 58.0 Å². The average Bonchev–Trinajstić information content (AvgIpc) is 2.80. The van der Waals surface area contributed by atoms with Crippen molar-refractivity contribution in [2.24, 2.45) is 22.6 Å². The van der Waals surface area contributed by atoms with Crippen molar-refractivity contribution in [1.82, 2.24) is 5.32 Å². The van der Waals surface area contributed by atoms with Crippen LogP contribution in [0.25, 0.3) is 0 Å². The molecule has 0 bridgehead atoms. The Morgan fingerprint density at radius 2 is 2.19 bits per heavy atom. The molecule has 0 radical (unpaired) electrons. The number of nitrogens with one attached hydrogen (secondary N) is 1. The molecule has 2 aliphatic rings. The van der Waals surface area contributed by atoms with Crippen LogP contribution in [-0.4, -0.2) is 18.0 Å². The van der Waals surface area contributed by atoms with Gasteiger partial charge in [0.1, 0.15) is 0 Å². The molecule has 0 amide bonds. The zero-order chi connectivity index (χ0) is 10.8. The number of halogens is 1. The Labute approximate surface area is 116 Å². The van der Waals surface area contributed by atoms with Crippen LogP contribution >= 0.6 is 24.0 Å². The van der Waals surface area contributed by atoms with Crippen LogP contribution in [0.3, 0.4) is 0 Å². The topological polar surface area (TPSA) is 50.4 Å². The van der Waals surface area contributed by atoms with Crippen molar-refractivity contribution >= 4 is 29.9 Å². The van der Waals surface area contributed by atoms with Gasteiger partial charge < -0.3 is 11.1 Å². The van der Waals surface area contributed by atoms with Gasteiger partial charge >= 0.3 is 0 Å². The lowest BCUT2D eigenvalue weighted by Gasteiger charge is -2.25. The molecule has 0 aromatic carbocycles. The summed E-state index contributed by atoms with van der Waals surface area (Å²) in [5, 5.41) is 3.22. The van der Waals surface area contributed by atoms with Gasteiger partial charge in [-0.3, -0.25) is 0 Å². The molecule has 4 heteroatoms. The van der Waals surface area contributed by atoms with E-state index in [2.05, 4.69) is 24.2 Å². The highest BCUT2D eigenvalue weighted by Crippen LogP contribution is 2.48. The maximum atomic E-state index is 5.85. The van der Waals surface area contributed by atoms with E-state index in [1.165, 1.54) is 25.7 Å². The molecule has 0 heterocycles. The van der Waals surface area contributed by atoms with Crippen LogP contribution in [-0.2, 0) is 0 Å². The van der Waals surface area contributed by atoms with Crippen molar-refractivity contribution in [3.8, 4) is 0 Å². The van der Waals surface area contributed by atoms with Crippen molar-refractivity contribution in [2.75, 3.05) is 0 Å². The van der Waals surface area contributed by atoms with Crippen LogP contribution in [0.2, 0.25) is 0 Å². The van der Waals surface area contributed by atoms with Crippen LogP contribution in [0.1, 0.15) is 46.0 Å². The van der Waals surface area contributed by atoms with Crippen LogP contribution < -0.4 is 11.1 Å². The monoisotopic (exact) mass is 337 g/mol. The van der Waals surface area contributed by atoms with Gasteiger partial charge in [-0.2, -0.15) is 0 Å². The fourth-order valence-corrected chi connectivity index (χ4v) is 2.29. The fraction of sp³-hybridized carbons (Fsp3) is 0.917. The maximum absolute atomic E-state index is 5.85. The van der Waals surface area contributed by atoms with Gasteiger partial charge in [0.05, 0.1) is 6.04 Å². The van der Waals surface area contributed by atoms with E-state index in [4.69, 9.17) is 5.73 Å². The Morgan fingerprint density at radius 1 is 1.50 bits per heavy atom. The molecule has 0 aliphatic heterocycles. The van der Waals surface area contributed by atoms with Crippen LogP contribution in [0.4, 0.5) is 0 Å². The fourth-order valence-electron chi connectivity index (χ4n) is 2.29. The molecule has 2 aliphatic carbocycles. The molecule has 0 aromatic rings. The van der Waals surface area contributed by atoms with E-state index >= 15 is 0 Å². The maximum Gasteiger partial charge on any atom is 0.189 e. The Balaban J connectivity index is 0.00000128. The molecule has 0 saturated heterocycles. The van der Waals surface area contributed by atoms with Crippen LogP contribution in [0.15, 0.2) is 4.99 Å². The Kier molecular flexibility index (Phi) is 5.34. The quantitative estimate of drug-likeness (QED) is 0.470. The summed E-state index contributed by atoms with van der Waals surface area (Å²) >= 11 is 0. The highest BCUT2D eigenvalue weighted by molar-refractivity contribution is 14.0. The number of guanidine groups is 1. The zero-order valence-corrected chi connectivity index (χ0v) is 12.6. The van der Waals surface area contributed by atoms with Crippen LogP contribution in [0.5, 0.6) is 0 Å². The Hall–Kier alpha value is 0. The molecule has 3 atom stereocenters. The van der Waals surface area contributed by atoms with Crippen molar-refractivity contribution < 1.29 is 0 Å². The molecule has 0 aromatic heterocycles. The molecule has 1 unspecified atom stereocenters. The predicted molar refractivity (Wildman–Crippen MR) is 79.2 cm³/mol. The molecule has 2 rings (SSSR count). The number of hydrogen-bond acceptors (Lipinski definition) is 1. The lowest BCUT2D eigenvalue weighted by Crippen LogP contribution is -2.38. The second-order valence-corrected chi connectivity index (χ2v) is 5.13. The summed E-state index contributed by atoms with van der Waals surface area (Å²) in [6, 6.07) is 0.974. The second kappa shape index (κ2) is 6.07. The summed E-state index contributed by atoms with van der Waals surface area (Å²) in [7, 11) is 0. The number of rotatable bonds is 4. The standard InChI is InChI=1S/C12H23N3.HI/c1-3-8(2)14-12(13)15-11-7-10(11)9-5-4-6-9;/h8-11H,3-7H2,1-2H3,(H3,13,14,15);1H/t8?,10-,11+;/m0./s1. The van der Waals surface area contributed by atoms with Gasteiger partial charge in [0.25, 0.3) is 0 Å². The molecule has 2 fully saturated rings. The van der Waals surface area contributed by atoms with Gasteiger partial charge in [-0.05, 0) is 31.6 Å². The molecule has 3 N–H and O–H groups in total. The summed E-state index contributed by atoms with van der Waals surface area (Å²) in [4.78, 5) is 4.54. The first-order valence-corrected chi connectivity index (χ1v) is 6.30. The van der Waals surface area contributed by atoms with E-state index in [0.29, 0.717) is 18.0 Å². The minimum absolute atomic E-state index is 0. The molecular weight excluding hydrogens is 313 g/mol. The molecule has 2 saturated carbocycles. The van der Waals surface area contributed by atoms with Crippen molar-refractivity contribution in [3.63, 3.8) is 0 Å². The molecule has 3 nitrogen and oxygen atoms in total. The molecule has 16 heavy (non-hydrogen) atoms. The normalized spacial score (nSPS) is 31.2. The van der Waals surface area contributed by atoms with E-state index in [0.717, 1.165) is 18.3 Å². The smallest absolute Gasteiger partial charge is 0.189 e. The second-order valence-electron chi connectivity index (χ2n) is 5.13. The minimum Gasteiger partial charge on any atom is -0.370 e. The summed E-state index contributed by atoms with van der Waals surface area (Å²) in [6.45, 7) is 4.29. The summed E-state index contributed by atoms with van der Waals surface area (Å²) in [5.74, 6) is 2.47. The number of nitrogens with zero attached hydrogens (tertiary/aromatic N) is 1. The van der Waals surface area contributed by atoms with Gasteiger partial charge in [0, 0.05) is 6.04 Å². The van der Waals surface area contributed by atoms with Gasteiger partial charge in [-0.25, -0.2) is 4.99 Å². The van der Waals surface area contributed by atoms with E-state index in [1.807, 2.05) is 0 Å². The van der Waals surface area contributed by atoms with Crippen molar-refractivity contribution in [3.05, 3.63) is 0 Å². The third kappa shape index (κ3) is 3.50. The van der Waals surface area contributed by atoms with E-state index in [1.54, 1.807) is 0 Å². The van der Waals surface area contributed by atoms with Gasteiger partial charge in [-0.15, -0.1) is 24.0 Å². The highest BCUT2D eigenvalue weighted by atomic mass is 127. The first-order chi connectivity index (χ1) is 7.20. The Bertz CT molecular complexity index is 251. The van der Waals surface area contributed by atoms with E-state index in [9.17, 15) is 0 Å².